The summed E-state index contributed by atoms with van der Waals surface area (Å²) in [6.07, 6.45) is 1.63. The molecule has 0 aliphatic carbocycles. The number of rotatable bonds is 4. The monoisotopic (exact) mass is 338 g/mol. The SMILES string of the molecule is Cn1c(SCC(=O)Nc2nccs2)nc2sccc2c1=O. The Bertz CT molecular complexity index is 838. The molecule has 108 valence electrons. The summed E-state index contributed by atoms with van der Waals surface area (Å²) in [6, 6.07) is 1.76. The third-order valence-electron chi connectivity index (χ3n) is 2.67. The first-order chi connectivity index (χ1) is 10.1. The van der Waals surface area contributed by atoms with Gasteiger partial charge in [0.05, 0.1) is 11.1 Å². The van der Waals surface area contributed by atoms with Gasteiger partial charge in [0.15, 0.2) is 10.3 Å². The molecule has 21 heavy (non-hydrogen) atoms. The Balaban J connectivity index is 1.74. The molecule has 0 saturated heterocycles. The zero-order valence-corrected chi connectivity index (χ0v) is 13.3. The van der Waals surface area contributed by atoms with Crippen LogP contribution in [0, 0.1) is 0 Å². The fraction of sp³-hybridized carbons (Fsp3) is 0.167. The summed E-state index contributed by atoms with van der Waals surface area (Å²) in [6.45, 7) is 0. The van der Waals surface area contributed by atoms with Gasteiger partial charge in [-0.05, 0) is 11.4 Å². The van der Waals surface area contributed by atoms with Crippen LogP contribution < -0.4 is 10.9 Å². The molecule has 0 saturated carbocycles. The molecule has 9 heteroatoms. The molecule has 3 aromatic rings. The minimum atomic E-state index is -0.171. The van der Waals surface area contributed by atoms with E-state index in [1.807, 2.05) is 5.38 Å². The number of thiophene rings is 1. The van der Waals surface area contributed by atoms with Crippen molar-refractivity contribution in [1.29, 1.82) is 0 Å². The minimum Gasteiger partial charge on any atom is -0.301 e. The smallest absolute Gasteiger partial charge is 0.262 e. The summed E-state index contributed by atoms with van der Waals surface area (Å²) < 4.78 is 1.47. The van der Waals surface area contributed by atoms with E-state index >= 15 is 0 Å². The highest BCUT2D eigenvalue weighted by molar-refractivity contribution is 7.99. The van der Waals surface area contributed by atoms with E-state index in [2.05, 4.69) is 15.3 Å². The molecule has 3 rings (SSSR count). The second kappa shape index (κ2) is 5.96. The van der Waals surface area contributed by atoms with Crippen LogP contribution in [-0.2, 0) is 11.8 Å². The van der Waals surface area contributed by atoms with Crippen molar-refractivity contribution >= 4 is 55.7 Å². The first-order valence-electron chi connectivity index (χ1n) is 5.91. The molecule has 3 heterocycles. The Kier molecular flexibility index (Phi) is 4.04. The summed E-state index contributed by atoms with van der Waals surface area (Å²) in [4.78, 5) is 33.0. The maximum atomic E-state index is 12.1. The number of anilines is 1. The van der Waals surface area contributed by atoms with E-state index in [1.54, 1.807) is 24.7 Å². The first-order valence-corrected chi connectivity index (χ1v) is 8.66. The molecule has 0 aliphatic rings. The molecule has 0 spiro atoms. The number of amides is 1. The van der Waals surface area contributed by atoms with Gasteiger partial charge >= 0.3 is 0 Å². The quantitative estimate of drug-likeness (QED) is 0.583. The van der Waals surface area contributed by atoms with Crippen LogP contribution in [0.5, 0.6) is 0 Å². The van der Waals surface area contributed by atoms with Gasteiger partial charge in [0, 0.05) is 18.6 Å². The summed E-state index contributed by atoms with van der Waals surface area (Å²) in [5.41, 5.74) is -0.0934. The Labute approximate surface area is 131 Å². The highest BCUT2D eigenvalue weighted by Crippen LogP contribution is 2.20. The van der Waals surface area contributed by atoms with Crippen molar-refractivity contribution < 1.29 is 4.79 Å². The predicted octanol–water partition coefficient (Wildman–Crippen LogP) is 2.18. The van der Waals surface area contributed by atoms with E-state index in [-0.39, 0.29) is 17.2 Å². The minimum absolute atomic E-state index is 0.0934. The van der Waals surface area contributed by atoms with Crippen LogP contribution in [-0.4, -0.2) is 26.2 Å². The van der Waals surface area contributed by atoms with Gasteiger partial charge in [-0.1, -0.05) is 11.8 Å². The second-order valence-electron chi connectivity index (χ2n) is 4.07. The van der Waals surface area contributed by atoms with Crippen molar-refractivity contribution in [3.8, 4) is 0 Å². The highest BCUT2D eigenvalue weighted by Gasteiger charge is 2.12. The lowest BCUT2D eigenvalue weighted by molar-refractivity contribution is -0.113. The lowest BCUT2D eigenvalue weighted by atomic mass is 10.4. The Morgan fingerprint density at radius 3 is 3.05 bits per heavy atom. The topological polar surface area (TPSA) is 76.9 Å². The van der Waals surface area contributed by atoms with E-state index in [0.717, 1.165) is 0 Å². The number of thiazole rings is 1. The summed E-state index contributed by atoms with van der Waals surface area (Å²) in [7, 11) is 1.66. The van der Waals surface area contributed by atoms with Crippen molar-refractivity contribution in [3.63, 3.8) is 0 Å². The van der Waals surface area contributed by atoms with E-state index < -0.39 is 0 Å². The van der Waals surface area contributed by atoms with Crippen molar-refractivity contribution in [1.82, 2.24) is 14.5 Å². The first kappa shape index (κ1) is 14.2. The molecule has 6 nitrogen and oxygen atoms in total. The fourth-order valence-corrected chi connectivity index (χ4v) is 3.80. The normalized spacial score (nSPS) is 10.9. The Morgan fingerprint density at radius 1 is 1.43 bits per heavy atom. The van der Waals surface area contributed by atoms with Gasteiger partial charge in [-0.15, -0.1) is 22.7 Å². The van der Waals surface area contributed by atoms with Gasteiger partial charge < -0.3 is 5.32 Å². The van der Waals surface area contributed by atoms with E-state index in [4.69, 9.17) is 0 Å². The van der Waals surface area contributed by atoms with E-state index in [0.29, 0.717) is 20.5 Å². The maximum Gasteiger partial charge on any atom is 0.262 e. The molecule has 0 atom stereocenters. The van der Waals surface area contributed by atoms with Crippen molar-refractivity contribution in [3.05, 3.63) is 33.4 Å². The van der Waals surface area contributed by atoms with Crippen molar-refractivity contribution in [2.45, 2.75) is 5.16 Å². The van der Waals surface area contributed by atoms with Gasteiger partial charge in [-0.25, -0.2) is 9.97 Å². The second-order valence-corrected chi connectivity index (χ2v) is 6.80. The average molecular weight is 338 g/mol. The predicted molar refractivity (Wildman–Crippen MR) is 86.3 cm³/mol. The number of fused-ring (bicyclic) bond motifs is 1. The number of hydrogen-bond donors (Lipinski definition) is 1. The van der Waals surface area contributed by atoms with Crippen LogP contribution in [0.25, 0.3) is 10.2 Å². The molecular formula is C12H10N4O2S3. The number of carbonyl (C=O) groups excluding carboxylic acids is 1. The van der Waals surface area contributed by atoms with E-state index in [9.17, 15) is 9.59 Å². The van der Waals surface area contributed by atoms with Gasteiger partial charge in [-0.3, -0.25) is 14.2 Å². The van der Waals surface area contributed by atoms with Gasteiger partial charge in [0.25, 0.3) is 5.56 Å². The Morgan fingerprint density at radius 2 is 2.29 bits per heavy atom. The molecule has 3 aromatic heterocycles. The van der Waals surface area contributed by atoms with Gasteiger partial charge in [0.2, 0.25) is 5.91 Å². The number of carbonyl (C=O) groups is 1. The standard InChI is InChI=1S/C12H10N4O2S3/c1-16-10(18)7-2-4-19-9(7)15-12(16)21-6-8(17)14-11-13-3-5-20-11/h2-5H,6H2,1H3,(H,13,14,17). The lowest BCUT2D eigenvalue weighted by Crippen LogP contribution is -2.20. The molecule has 0 radical (unpaired) electrons. The molecule has 0 unspecified atom stereocenters. The molecule has 0 bridgehead atoms. The molecule has 0 aromatic carbocycles. The van der Waals surface area contributed by atoms with Crippen LogP contribution in [0.2, 0.25) is 0 Å². The zero-order chi connectivity index (χ0) is 14.8. The van der Waals surface area contributed by atoms with Gasteiger partial charge in [-0.2, -0.15) is 0 Å². The highest BCUT2D eigenvalue weighted by atomic mass is 32.2. The maximum absolute atomic E-state index is 12.1. The van der Waals surface area contributed by atoms with Gasteiger partial charge in [0.1, 0.15) is 4.83 Å². The summed E-state index contributed by atoms with van der Waals surface area (Å²) in [5.74, 6) is 0.00647. The third-order valence-corrected chi connectivity index (χ3v) is 5.20. The fourth-order valence-electron chi connectivity index (χ4n) is 1.68. The number of aromatic nitrogens is 3. The van der Waals surface area contributed by atoms with Crippen molar-refractivity contribution in [2.24, 2.45) is 7.05 Å². The Hall–Kier alpha value is -1.71. The number of nitrogens with zero attached hydrogens (tertiary/aromatic N) is 3. The summed E-state index contributed by atoms with van der Waals surface area (Å²) >= 11 is 4.01. The van der Waals surface area contributed by atoms with Crippen LogP contribution >= 0.6 is 34.4 Å². The molecule has 1 N–H and O–H groups in total. The molecule has 1 amide bonds. The lowest BCUT2D eigenvalue weighted by Gasteiger charge is -2.06. The number of nitrogens with one attached hydrogen (secondary N) is 1. The zero-order valence-electron chi connectivity index (χ0n) is 10.9. The molecule has 0 fully saturated rings. The summed E-state index contributed by atoms with van der Waals surface area (Å²) in [5, 5.41) is 8.03. The largest absolute Gasteiger partial charge is 0.301 e. The van der Waals surface area contributed by atoms with Crippen LogP contribution in [0.15, 0.2) is 33.0 Å². The van der Waals surface area contributed by atoms with Crippen LogP contribution in [0.1, 0.15) is 0 Å². The molecular weight excluding hydrogens is 328 g/mol. The van der Waals surface area contributed by atoms with Crippen LogP contribution in [0.4, 0.5) is 5.13 Å². The van der Waals surface area contributed by atoms with Crippen LogP contribution in [0.3, 0.4) is 0 Å². The van der Waals surface area contributed by atoms with E-state index in [1.165, 1.54) is 39.0 Å². The third kappa shape index (κ3) is 2.99. The number of hydrogen-bond acceptors (Lipinski definition) is 7. The van der Waals surface area contributed by atoms with Crippen molar-refractivity contribution in [2.75, 3.05) is 11.1 Å². The average Bonchev–Trinajstić information content (AvgIpc) is 3.12. The molecule has 0 aliphatic heterocycles. The number of thioether (sulfide) groups is 1.